The van der Waals surface area contributed by atoms with Crippen LogP contribution in [-0.4, -0.2) is 34.7 Å². The Morgan fingerprint density at radius 3 is 2.67 bits per heavy atom. The van der Waals surface area contributed by atoms with E-state index in [-0.39, 0.29) is 16.8 Å². The number of amides is 1. The van der Waals surface area contributed by atoms with E-state index in [4.69, 9.17) is 16.3 Å². The van der Waals surface area contributed by atoms with Crippen LogP contribution < -0.4 is 4.74 Å². The number of benzene rings is 1. The maximum absolute atomic E-state index is 12.3. The lowest BCUT2D eigenvalue weighted by atomic mass is 10.2. The Labute approximate surface area is 128 Å². The van der Waals surface area contributed by atoms with Crippen LogP contribution in [0.2, 0.25) is 5.15 Å². The number of hydrogen-bond donors (Lipinski definition) is 0. The van der Waals surface area contributed by atoms with Crippen molar-refractivity contribution in [1.82, 2.24) is 15.1 Å². The Morgan fingerprint density at radius 2 is 2.00 bits per heavy atom. The van der Waals surface area contributed by atoms with Gasteiger partial charge in [-0.2, -0.15) is 0 Å². The van der Waals surface area contributed by atoms with Gasteiger partial charge >= 0.3 is 0 Å². The molecule has 1 heterocycles. The van der Waals surface area contributed by atoms with Crippen molar-refractivity contribution in [2.45, 2.75) is 13.5 Å². The number of hydrogen-bond acceptors (Lipinski definition) is 4. The highest BCUT2D eigenvalue weighted by molar-refractivity contribution is 6.29. The van der Waals surface area contributed by atoms with Crippen molar-refractivity contribution >= 4 is 17.5 Å². The summed E-state index contributed by atoms with van der Waals surface area (Å²) in [6.45, 7) is 2.94. The minimum atomic E-state index is -0.217. The molecule has 0 bridgehead atoms. The first-order valence-corrected chi connectivity index (χ1v) is 6.95. The van der Waals surface area contributed by atoms with Gasteiger partial charge in [0.25, 0.3) is 5.91 Å². The molecule has 0 aliphatic rings. The van der Waals surface area contributed by atoms with Crippen LogP contribution in [-0.2, 0) is 6.54 Å². The smallest absolute Gasteiger partial charge is 0.274 e. The van der Waals surface area contributed by atoms with Crippen molar-refractivity contribution in [3.63, 3.8) is 0 Å². The summed E-state index contributed by atoms with van der Waals surface area (Å²) in [5.41, 5.74) is 1.20. The predicted octanol–water partition coefficient (Wildman–Crippen LogP) is 2.80. The Balaban J connectivity index is 2.12. The number of ether oxygens (including phenoxy) is 1. The quantitative estimate of drug-likeness (QED) is 0.852. The van der Waals surface area contributed by atoms with E-state index in [0.29, 0.717) is 13.2 Å². The van der Waals surface area contributed by atoms with Gasteiger partial charge in [0, 0.05) is 19.2 Å². The molecule has 0 aliphatic carbocycles. The minimum Gasteiger partial charge on any atom is -0.494 e. The summed E-state index contributed by atoms with van der Waals surface area (Å²) in [6, 6.07) is 10.7. The van der Waals surface area contributed by atoms with E-state index in [1.165, 1.54) is 0 Å². The van der Waals surface area contributed by atoms with Gasteiger partial charge in [-0.3, -0.25) is 4.79 Å². The highest BCUT2D eigenvalue weighted by atomic mass is 35.5. The lowest BCUT2D eigenvalue weighted by Crippen LogP contribution is -2.27. The van der Waals surface area contributed by atoms with E-state index in [0.717, 1.165) is 11.3 Å². The highest BCUT2D eigenvalue weighted by Crippen LogP contribution is 2.20. The maximum atomic E-state index is 12.3. The third-order valence-electron chi connectivity index (χ3n) is 2.88. The second kappa shape index (κ2) is 7.04. The second-order valence-corrected chi connectivity index (χ2v) is 4.83. The van der Waals surface area contributed by atoms with Crippen LogP contribution in [0.5, 0.6) is 5.75 Å². The summed E-state index contributed by atoms with van der Waals surface area (Å²) in [4.78, 5) is 13.8. The molecular formula is C15H16ClN3O2. The molecule has 2 aromatic rings. The van der Waals surface area contributed by atoms with Gasteiger partial charge in [-0.1, -0.05) is 29.8 Å². The fourth-order valence-corrected chi connectivity index (χ4v) is 1.98. The predicted molar refractivity (Wildman–Crippen MR) is 80.5 cm³/mol. The average Bonchev–Trinajstić information content (AvgIpc) is 2.49. The first-order valence-electron chi connectivity index (χ1n) is 6.57. The normalized spacial score (nSPS) is 10.2. The molecule has 6 heteroatoms. The Bertz CT molecular complexity index is 617. The zero-order valence-electron chi connectivity index (χ0n) is 11.9. The molecule has 0 spiro atoms. The topological polar surface area (TPSA) is 55.3 Å². The molecule has 0 aliphatic heterocycles. The molecule has 0 unspecified atom stereocenters. The van der Waals surface area contributed by atoms with Crippen LogP contribution in [0.4, 0.5) is 0 Å². The van der Waals surface area contributed by atoms with Crippen molar-refractivity contribution in [3.05, 3.63) is 52.8 Å². The molecule has 0 radical (unpaired) electrons. The largest absolute Gasteiger partial charge is 0.494 e. The standard InChI is InChI=1S/C15H16ClN3O2/c1-3-21-13-7-5-4-6-11(13)10-19(2)15(20)12-8-9-14(16)18-17-12/h4-9H,3,10H2,1-2H3. The molecule has 2 rings (SSSR count). The molecule has 1 aromatic carbocycles. The second-order valence-electron chi connectivity index (χ2n) is 4.44. The fourth-order valence-electron chi connectivity index (χ4n) is 1.88. The lowest BCUT2D eigenvalue weighted by molar-refractivity contribution is 0.0777. The lowest BCUT2D eigenvalue weighted by Gasteiger charge is -2.18. The van der Waals surface area contributed by atoms with Crippen molar-refractivity contribution in [2.75, 3.05) is 13.7 Å². The number of carbonyl (C=O) groups excluding carboxylic acids is 1. The zero-order valence-corrected chi connectivity index (χ0v) is 12.7. The van der Waals surface area contributed by atoms with E-state index < -0.39 is 0 Å². The van der Waals surface area contributed by atoms with Crippen LogP contribution in [0.25, 0.3) is 0 Å². The molecule has 1 amide bonds. The van der Waals surface area contributed by atoms with Crippen molar-refractivity contribution in [3.8, 4) is 5.75 Å². The van der Waals surface area contributed by atoms with Crippen molar-refractivity contribution < 1.29 is 9.53 Å². The first-order chi connectivity index (χ1) is 10.1. The summed E-state index contributed by atoms with van der Waals surface area (Å²) in [5, 5.41) is 7.74. The SMILES string of the molecule is CCOc1ccccc1CN(C)C(=O)c1ccc(Cl)nn1. The van der Waals surface area contributed by atoms with E-state index in [1.807, 2.05) is 31.2 Å². The van der Waals surface area contributed by atoms with Gasteiger partial charge in [0.2, 0.25) is 0 Å². The summed E-state index contributed by atoms with van der Waals surface area (Å²) < 4.78 is 5.56. The summed E-state index contributed by atoms with van der Waals surface area (Å²) >= 11 is 5.67. The van der Waals surface area contributed by atoms with E-state index in [1.54, 1.807) is 24.1 Å². The molecule has 0 saturated heterocycles. The number of halogens is 1. The number of carbonyl (C=O) groups is 1. The van der Waals surface area contributed by atoms with Gasteiger partial charge in [0.05, 0.1) is 6.61 Å². The summed E-state index contributed by atoms with van der Waals surface area (Å²) in [7, 11) is 1.71. The van der Waals surface area contributed by atoms with Crippen molar-refractivity contribution in [2.24, 2.45) is 0 Å². The van der Waals surface area contributed by atoms with Gasteiger partial charge in [0.15, 0.2) is 10.8 Å². The Hall–Kier alpha value is -2.14. The molecule has 0 atom stereocenters. The van der Waals surface area contributed by atoms with Gasteiger partial charge < -0.3 is 9.64 Å². The monoisotopic (exact) mass is 305 g/mol. The molecule has 1 aromatic heterocycles. The number of nitrogens with zero attached hydrogens (tertiary/aromatic N) is 3. The van der Waals surface area contributed by atoms with Crippen LogP contribution >= 0.6 is 11.6 Å². The third-order valence-corrected chi connectivity index (χ3v) is 3.08. The van der Waals surface area contributed by atoms with Crippen molar-refractivity contribution in [1.29, 1.82) is 0 Å². The van der Waals surface area contributed by atoms with Crippen LogP contribution in [0, 0.1) is 0 Å². The maximum Gasteiger partial charge on any atom is 0.274 e. The number of aromatic nitrogens is 2. The zero-order chi connectivity index (χ0) is 15.2. The van der Waals surface area contributed by atoms with Gasteiger partial charge in [-0.05, 0) is 25.1 Å². The molecular weight excluding hydrogens is 290 g/mol. The average molecular weight is 306 g/mol. The third kappa shape index (κ3) is 3.92. The number of rotatable bonds is 5. The van der Waals surface area contributed by atoms with Crippen LogP contribution in [0.3, 0.4) is 0 Å². The van der Waals surface area contributed by atoms with Crippen LogP contribution in [0.15, 0.2) is 36.4 Å². The molecule has 110 valence electrons. The molecule has 0 saturated carbocycles. The van der Waals surface area contributed by atoms with Gasteiger partial charge in [-0.25, -0.2) is 0 Å². The van der Waals surface area contributed by atoms with E-state index >= 15 is 0 Å². The molecule has 5 nitrogen and oxygen atoms in total. The molecule has 0 fully saturated rings. The van der Waals surface area contributed by atoms with Gasteiger partial charge in [0.1, 0.15) is 5.75 Å². The first kappa shape index (κ1) is 15.3. The summed E-state index contributed by atoms with van der Waals surface area (Å²) in [6.07, 6.45) is 0. The van der Waals surface area contributed by atoms with E-state index in [2.05, 4.69) is 10.2 Å². The Morgan fingerprint density at radius 1 is 1.24 bits per heavy atom. The Kier molecular flexibility index (Phi) is 5.11. The fraction of sp³-hybridized carbons (Fsp3) is 0.267. The highest BCUT2D eigenvalue weighted by Gasteiger charge is 2.15. The number of para-hydroxylation sites is 1. The van der Waals surface area contributed by atoms with Crippen LogP contribution in [0.1, 0.15) is 23.0 Å². The summed E-state index contributed by atoms with van der Waals surface area (Å²) in [5.74, 6) is 0.562. The molecule has 0 N–H and O–H groups in total. The van der Waals surface area contributed by atoms with Gasteiger partial charge in [-0.15, -0.1) is 10.2 Å². The van der Waals surface area contributed by atoms with E-state index in [9.17, 15) is 4.79 Å². The molecule has 21 heavy (non-hydrogen) atoms. The minimum absolute atomic E-state index is 0.217.